The Morgan fingerprint density at radius 2 is 1.92 bits per heavy atom. The second kappa shape index (κ2) is 6.09. The molecule has 0 aliphatic heterocycles. The molecule has 0 unspecified atom stereocenters. The highest BCUT2D eigenvalue weighted by Crippen LogP contribution is 2.29. The second-order valence-corrected chi connectivity index (χ2v) is 5.59. The number of carbonyl (C=O) groups is 1. The zero-order valence-corrected chi connectivity index (χ0v) is 13.2. The predicted octanol–water partition coefficient (Wildman–Crippen LogP) is 3.46. The van der Waals surface area contributed by atoms with E-state index < -0.39 is 0 Å². The van der Waals surface area contributed by atoms with Gasteiger partial charge in [-0.3, -0.25) is 9.78 Å². The number of nitrogens with two attached hydrogens (primary N) is 1. The van der Waals surface area contributed by atoms with Gasteiger partial charge in [0.15, 0.2) is 0 Å². The third kappa shape index (κ3) is 2.81. The Hall–Kier alpha value is -3.67. The summed E-state index contributed by atoms with van der Waals surface area (Å²) in [6.45, 7) is 0. The molecule has 4 N–H and O–H groups in total. The van der Waals surface area contributed by atoms with E-state index in [1.165, 1.54) is 0 Å². The number of anilines is 2. The smallest absolute Gasteiger partial charge is 0.259 e. The molecule has 0 radical (unpaired) electrons. The average molecular weight is 329 g/mol. The summed E-state index contributed by atoms with van der Waals surface area (Å²) in [5.74, 6) is -0.118. The normalized spacial score (nSPS) is 10.7. The van der Waals surface area contributed by atoms with Gasteiger partial charge >= 0.3 is 0 Å². The number of H-pyrrole nitrogens is 1. The molecular weight excluding hydrogens is 314 g/mol. The van der Waals surface area contributed by atoms with Crippen molar-refractivity contribution in [1.82, 2.24) is 15.0 Å². The number of benzene rings is 1. The lowest BCUT2D eigenvalue weighted by molar-refractivity contribution is 0.102. The number of nitrogens with one attached hydrogen (secondary N) is 2. The first kappa shape index (κ1) is 14.9. The molecule has 122 valence electrons. The first-order chi connectivity index (χ1) is 12.2. The van der Waals surface area contributed by atoms with Crippen molar-refractivity contribution in [2.24, 2.45) is 0 Å². The summed E-state index contributed by atoms with van der Waals surface area (Å²) in [5, 5.41) is 3.87. The molecule has 6 heteroatoms. The third-order valence-corrected chi connectivity index (χ3v) is 4.00. The van der Waals surface area contributed by atoms with Crippen molar-refractivity contribution in [2.45, 2.75) is 0 Å². The molecule has 4 rings (SSSR count). The fraction of sp³-hybridized carbons (Fsp3) is 0. The first-order valence-electron chi connectivity index (χ1n) is 7.76. The minimum atomic E-state index is -0.308. The first-order valence-corrected chi connectivity index (χ1v) is 7.76. The quantitative estimate of drug-likeness (QED) is 0.536. The van der Waals surface area contributed by atoms with Gasteiger partial charge in [0, 0.05) is 52.5 Å². The molecule has 25 heavy (non-hydrogen) atoms. The van der Waals surface area contributed by atoms with Crippen LogP contribution in [0, 0.1) is 0 Å². The zero-order chi connectivity index (χ0) is 17.2. The van der Waals surface area contributed by atoms with Gasteiger partial charge in [0.25, 0.3) is 5.91 Å². The molecule has 0 aliphatic rings. The standard InChI is InChI=1S/C19H15N5O/c20-18-15(19(25)24-13-5-7-21-8-6-13)9-12(10-23-18)16-11-22-17-4-2-1-3-14(16)17/h1-11,22H,(H2,20,23)(H,21,24,25). The van der Waals surface area contributed by atoms with Crippen molar-refractivity contribution in [1.29, 1.82) is 0 Å². The molecule has 3 aromatic heterocycles. The maximum Gasteiger partial charge on any atom is 0.259 e. The van der Waals surface area contributed by atoms with E-state index in [4.69, 9.17) is 5.73 Å². The second-order valence-electron chi connectivity index (χ2n) is 5.59. The third-order valence-electron chi connectivity index (χ3n) is 4.00. The number of nitrogens with zero attached hydrogens (tertiary/aromatic N) is 2. The number of hydrogen-bond donors (Lipinski definition) is 3. The Balaban J connectivity index is 1.72. The number of aromatic amines is 1. The Morgan fingerprint density at radius 1 is 1.12 bits per heavy atom. The maximum atomic E-state index is 12.6. The van der Waals surface area contributed by atoms with Crippen LogP contribution in [0.2, 0.25) is 0 Å². The number of amides is 1. The lowest BCUT2D eigenvalue weighted by atomic mass is 10.0. The van der Waals surface area contributed by atoms with E-state index in [0.29, 0.717) is 11.3 Å². The molecule has 0 aliphatic carbocycles. The van der Waals surface area contributed by atoms with Gasteiger partial charge < -0.3 is 16.0 Å². The van der Waals surface area contributed by atoms with E-state index in [2.05, 4.69) is 20.3 Å². The highest BCUT2D eigenvalue weighted by molar-refractivity contribution is 6.08. The molecule has 0 fully saturated rings. The van der Waals surface area contributed by atoms with E-state index >= 15 is 0 Å². The van der Waals surface area contributed by atoms with E-state index in [-0.39, 0.29) is 11.7 Å². The van der Waals surface area contributed by atoms with Gasteiger partial charge in [-0.05, 0) is 24.3 Å². The Kier molecular flexibility index (Phi) is 3.63. The maximum absolute atomic E-state index is 12.6. The summed E-state index contributed by atoms with van der Waals surface area (Å²) in [5.41, 5.74) is 9.72. The van der Waals surface area contributed by atoms with Crippen LogP contribution in [0.4, 0.5) is 11.5 Å². The van der Waals surface area contributed by atoms with Crippen LogP contribution >= 0.6 is 0 Å². The van der Waals surface area contributed by atoms with Gasteiger partial charge in [-0.25, -0.2) is 4.98 Å². The summed E-state index contributed by atoms with van der Waals surface area (Å²) in [7, 11) is 0. The number of rotatable bonds is 3. The summed E-state index contributed by atoms with van der Waals surface area (Å²) in [6, 6.07) is 13.2. The van der Waals surface area contributed by atoms with Gasteiger partial charge in [-0.2, -0.15) is 0 Å². The Bertz CT molecular complexity index is 1060. The van der Waals surface area contributed by atoms with Crippen molar-refractivity contribution in [3.05, 3.63) is 72.8 Å². The van der Waals surface area contributed by atoms with E-state index in [1.54, 1.807) is 36.8 Å². The molecule has 0 atom stereocenters. The summed E-state index contributed by atoms with van der Waals surface area (Å²) >= 11 is 0. The molecule has 0 bridgehead atoms. The fourth-order valence-electron chi connectivity index (χ4n) is 2.75. The lowest BCUT2D eigenvalue weighted by Crippen LogP contribution is -2.15. The average Bonchev–Trinajstić information content (AvgIpc) is 3.07. The molecule has 3 heterocycles. The minimum Gasteiger partial charge on any atom is -0.383 e. The van der Waals surface area contributed by atoms with Crippen LogP contribution in [0.25, 0.3) is 22.0 Å². The van der Waals surface area contributed by atoms with Gasteiger partial charge in [-0.1, -0.05) is 18.2 Å². The van der Waals surface area contributed by atoms with Crippen LogP contribution < -0.4 is 11.1 Å². The van der Waals surface area contributed by atoms with Crippen LogP contribution in [0.15, 0.2) is 67.3 Å². The molecule has 6 nitrogen and oxygen atoms in total. The zero-order valence-electron chi connectivity index (χ0n) is 13.2. The number of para-hydroxylation sites is 1. The number of aromatic nitrogens is 3. The number of fused-ring (bicyclic) bond motifs is 1. The number of hydrogen-bond acceptors (Lipinski definition) is 4. The monoisotopic (exact) mass is 329 g/mol. The number of carbonyl (C=O) groups excluding carboxylic acids is 1. The van der Waals surface area contributed by atoms with Crippen molar-refractivity contribution < 1.29 is 4.79 Å². The van der Waals surface area contributed by atoms with Crippen molar-refractivity contribution >= 4 is 28.3 Å². The molecule has 1 amide bonds. The van der Waals surface area contributed by atoms with Crippen molar-refractivity contribution in [3.8, 4) is 11.1 Å². The Morgan fingerprint density at radius 3 is 2.76 bits per heavy atom. The van der Waals surface area contributed by atoms with Crippen molar-refractivity contribution in [2.75, 3.05) is 11.1 Å². The molecule has 1 aromatic carbocycles. The van der Waals surface area contributed by atoms with Crippen LogP contribution in [-0.4, -0.2) is 20.9 Å². The van der Waals surface area contributed by atoms with Crippen molar-refractivity contribution in [3.63, 3.8) is 0 Å². The van der Waals surface area contributed by atoms with E-state index in [1.807, 2.05) is 30.5 Å². The SMILES string of the molecule is Nc1ncc(-c2c[nH]c3ccccc23)cc1C(=O)Nc1ccncc1. The predicted molar refractivity (Wildman–Crippen MR) is 98.1 cm³/mol. The highest BCUT2D eigenvalue weighted by Gasteiger charge is 2.14. The molecule has 0 saturated carbocycles. The summed E-state index contributed by atoms with van der Waals surface area (Å²) < 4.78 is 0. The lowest BCUT2D eigenvalue weighted by Gasteiger charge is -2.09. The van der Waals surface area contributed by atoms with Crippen LogP contribution in [0.5, 0.6) is 0 Å². The molecule has 0 saturated heterocycles. The summed E-state index contributed by atoms with van der Waals surface area (Å²) in [4.78, 5) is 23.9. The summed E-state index contributed by atoms with van der Waals surface area (Å²) in [6.07, 6.45) is 6.80. The topological polar surface area (TPSA) is 96.7 Å². The molecular formula is C19H15N5O. The van der Waals surface area contributed by atoms with Crippen LogP contribution in [0.3, 0.4) is 0 Å². The van der Waals surface area contributed by atoms with Gasteiger partial charge in [0.05, 0.1) is 5.56 Å². The minimum absolute atomic E-state index is 0.190. The van der Waals surface area contributed by atoms with E-state index in [0.717, 1.165) is 22.0 Å². The highest BCUT2D eigenvalue weighted by atomic mass is 16.1. The fourth-order valence-corrected chi connectivity index (χ4v) is 2.75. The molecule has 0 spiro atoms. The Labute approximate surface area is 143 Å². The van der Waals surface area contributed by atoms with Gasteiger partial charge in [-0.15, -0.1) is 0 Å². The number of nitrogen functional groups attached to an aromatic ring is 1. The van der Waals surface area contributed by atoms with E-state index in [9.17, 15) is 4.79 Å². The van der Waals surface area contributed by atoms with Crippen LogP contribution in [-0.2, 0) is 0 Å². The van der Waals surface area contributed by atoms with Gasteiger partial charge in [0.2, 0.25) is 0 Å². The molecule has 4 aromatic rings. The number of pyridine rings is 2. The largest absolute Gasteiger partial charge is 0.383 e. The van der Waals surface area contributed by atoms with Crippen LogP contribution in [0.1, 0.15) is 10.4 Å². The van der Waals surface area contributed by atoms with Gasteiger partial charge in [0.1, 0.15) is 5.82 Å².